The Bertz CT molecular complexity index is 1270. The molecule has 0 aliphatic carbocycles. The van der Waals surface area contributed by atoms with E-state index >= 15 is 0 Å². The van der Waals surface area contributed by atoms with Gasteiger partial charge in [0.05, 0.1) is 27.9 Å². The molecule has 8 heteroatoms. The molecule has 0 saturated carbocycles. The van der Waals surface area contributed by atoms with Gasteiger partial charge in [-0.05, 0) is 49.6 Å². The zero-order valence-corrected chi connectivity index (χ0v) is 19.6. The maximum Gasteiger partial charge on any atom is 0.233 e. The van der Waals surface area contributed by atoms with Crippen molar-refractivity contribution in [1.29, 1.82) is 0 Å². The normalized spacial score (nSPS) is 17.5. The van der Waals surface area contributed by atoms with Gasteiger partial charge in [-0.15, -0.1) is 0 Å². The van der Waals surface area contributed by atoms with Gasteiger partial charge >= 0.3 is 0 Å². The van der Waals surface area contributed by atoms with Crippen LogP contribution >= 0.6 is 27.7 Å². The second-order valence-corrected chi connectivity index (χ2v) is 9.80. The van der Waals surface area contributed by atoms with Crippen molar-refractivity contribution in [3.05, 3.63) is 46.9 Å². The minimum absolute atomic E-state index is 0.0262. The highest BCUT2D eigenvalue weighted by atomic mass is 79.9. The van der Waals surface area contributed by atoms with E-state index < -0.39 is 0 Å². The van der Waals surface area contributed by atoms with Gasteiger partial charge < -0.3 is 10.1 Å². The molecule has 2 aromatic carbocycles. The highest BCUT2D eigenvalue weighted by Crippen LogP contribution is 2.32. The minimum Gasteiger partial charge on any atom is -0.376 e. The van der Waals surface area contributed by atoms with Crippen LogP contribution in [0.2, 0.25) is 0 Å². The molecule has 4 aromatic rings. The van der Waals surface area contributed by atoms with Crippen LogP contribution in [0.15, 0.2) is 52.1 Å². The molecule has 2 aromatic heterocycles. The largest absolute Gasteiger partial charge is 0.376 e. The van der Waals surface area contributed by atoms with Crippen molar-refractivity contribution < 1.29 is 9.53 Å². The van der Waals surface area contributed by atoms with Gasteiger partial charge in [-0.1, -0.05) is 46.7 Å². The number of carbonyl (C=O) groups is 1. The van der Waals surface area contributed by atoms with Crippen LogP contribution in [0.4, 0.5) is 0 Å². The zero-order valence-electron chi connectivity index (χ0n) is 17.2. The number of benzene rings is 2. The number of aromatic nitrogens is 3. The Hall–Kier alpha value is -2.16. The van der Waals surface area contributed by atoms with Crippen molar-refractivity contribution in [3.8, 4) is 0 Å². The molecule has 6 nitrogen and oxygen atoms in total. The molecule has 0 unspecified atom stereocenters. The fourth-order valence-corrected chi connectivity index (χ4v) is 5.41. The summed E-state index contributed by atoms with van der Waals surface area (Å²) in [5.74, 6) is 0.0262. The third-order valence-electron chi connectivity index (χ3n) is 5.61. The molecule has 1 fully saturated rings. The number of fused-ring (bicyclic) bond motifs is 5. The summed E-state index contributed by atoms with van der Waals surface area (Å²) >= 11 is 5.06. The van der Waals surface area contributed by atoms with Gasteiger partial charge in [-0.2, -0.15) is 0 Å². The van der Waals surface area contributed by atoms with Gasteiger partial charge in [-0.25, -0.2) is 9.97 Å². The summed E-state index contributed by atoms with van der Waals surface area (Å²) in [4.78, 5) is 22.8. The molecule has 1 N–H and O–H groups in total. The smallest absolute Gasteiger partial charge is 0.233 e. The molecular formula is C23H23BrN4O2S. The Labute approximate surface area is 192 Å². The highest BCUT2D eigenvalue weighted by molar-refractivity contribution is 9.10. The standard InChI is InChI=1S/C23H23BrN4O2S/c1-2-20(22(29)25-13-15-6-5-11-30-15)31-23-27-17-10-9-14(24)12-16(17)21-26-18-7-3-4-8-19(18)28(21)23/h3-4,7-10,12,15,20H,2,5-6,11,13H2,1H3,(H,25,29)/t15-,20+/m1/s1. The lowest BCUT2D eigenvalue weighted by atomic mass is 10.2. The van der Waals surface area contributed by atoms with Crippen LogP contribution in [-0.2, 0) is 9.53 Å². The maximum absolute atomic E-state index is 12.9. The molecule has 1 aliphatic rings. The Morgan fingerprint density at radius 2 is 2.16 bits per heavy atom. The van der Waals surface area contributed by atoms with Crippen LogP contribution < -0.4 is 5.32 Å². The predicted molar refractivity (Wildman–Crippen MR) is 128 cm³/mol. The van der Waals surface area contributed by atoms with Crippen molar-refractivity contribution >= 4 is 61.2 Å². The number of halogens is 1. The maximum atomic E-state index is 12.9. The molecule has 1 aliphatic heterocycles. The number of ether oxygens (including phenoxy) is 1. The first-order valence-electron chi connectivity index (χ1n) is 10.6. The van der Waals surface area contributed by atoms with Gasteiger partial charge in [0.2, 0.25) is 5.91 Å². The predicted octanol–water partition coefficient (Wildman–Crippen LogP) is 4.96. The summed E-state index contributed by atoms with van der Waals surface area (Å²) in [5.41, 5.74) is 3.62. The number of amides is 1. The molecule has 2 atom stereocenters. The van der Waals surface area contributed by atoms with Crippen LogP contribution in [0, 0.1) is 0 Å². The zero-order chi connectivity index (χ0) is 21.4. The first-order chi connectivity index (χ1) is 15.1. The van der Waals surface area contributed by atoms with Crippen molar-refractivity contribution in [3.63, 3.8) is 0 Å². The van der Waals surface area contributed by atoms with E-state index in [1.165, 1.54) is 11.8 Å². The summed E-state index contributed by atoms with van der Waals surface area (Å²) in [6.45, 7) is 3.39. The number of para-hydroxylation sites is 2. The Kier molecular flexibility index (Phi) is 5.86. The molecule has 160 valence electrons. The van der Waals surface area contributed by atoms with Gasteiger partial charge in [0, 0.05) is 23.0 Å². The first kappa shape index (κ1) is 20.7. The molecular weight excluding hydrogens is 476 g/mol. The molecule has 1 amide bonds. The fraction of sp³-hybridized carbons (Fsp3) is 0.348. The summed E-state index contributed by atoms with van der Waals surface area (Å²) < 4.78 is 8.69. The van der Waals surface area contributed by atoms with Gasteiger partial charge in [-0.3, -0.25) is 9.20 Å². The lowest BCUT2D eigenvalue weighted by molar-refractivity contribution is -0.121. The molecule has 3 heterocycles. The van der Waals surface area contributed by atoms with E-state index in [1.54, 1.807) is 0 Å². The molecule has 1 saturated heterocycles. The molecule has 5 rings (SSSR count). The Morgan fingerprint density at radius 3 is 2.97 bits per heavy atom. The SMILES string of the molecule is CC[C@H](Sc1nc2ccc(Br)cc2c2nc3ccccc3n12)C(=O)NC[C@H]1CCCO1. The summed E-state index contributed by atoms with van der Waals surface area (Å²) in [6.07, 6.45) is 2.91. The summed E-state index contributed by atoms with van der Waals surface area (Å²) in [6, 6.07) is 14.1. The van der Waals surface area contributed by atoms with Gasteiger partial charge in [0.1, 0.15) is 5.65 Å². The van der Waals surface area contributed by atoms with E-state index in [0.717, 1.165) is 56.7 Å². The number of nitrogens with one attached hydrogen (secondary N) is 1. The van der Waals surface area contributed by atoms with E-state index in [1.807, 2.05) is 49.4 Å². The average molecular weight is 499 g/mol. The van der Waals surface area contributed by atoms with Gasteiger partial charge in [0.15, 0.2) is 5.16 Å². The topological polar surface area (TPSA) is 68.5 Å². The number of thioether (sulfide) groups is 1. The molecule has 0 spiro atoms. The summed E-state index contributed by atoms with van der Waals surface area (Å²) in [7, 11) is 0. The third kappa shape index (κ3) is 4.04. The average Bonchev–Trinajstić information content (AvgIpc) is 3.44. The second kappa shape index (κ2) is 8.76. The van der Waals surface area contributed by atoms with Crippen molar-refractivity contribution in [1.82, 2.24) is 19.7 Å². The monoisotopic (exact) mass is 498 g/mol. The second-order valence-electron chi connectivity index (χ2n) is 7.71. The van der Waals surface area contributed by atoms with E-state index in [-0.39, 0.29) is 17.3 Å². The number of rotatable bonds is 6. The molecule has 0 bridgehead atoms. The van der Waals surface area contributed by atoms with Crippen molar-refractivity contribution in [2.24, 2.45) is 0 Å². The van der Waals surface area contributed by atoms with Crippen LogP contribution in [0.3, 0.4) is 0 Å². The number of carbonyl (C=O) groups excluding carboxylic acids is 1. The highest BCUT2D eigenvalue weighted by Gasteiger charge is 2.24. The molecule has 0 radical (unpaired) electrons. The van der Waals surface area contributed by atoms with E-state index in [2.05, 4.69) is 25.6 Å². The van der Waals surface area contributed by atoms with Crippen LogP contribution in [0.25, 0.3) is 27.6 Å². The van der Waals surface area contributed by atoms with E-state index in [4.69, 9.17) is 14.7 Å². The van der Waals surface area contributed by atoms with Crippen LogP contribution in [0.5, 0.6) is 0 Å². The number of hydrogen-bond acceptors (Lipinski definition) is 5. The first-order valence-corrected chi connectivity index (χ1v) is 12.2. The lowest BCUT2D eigenvalue weighted by Gasteiger charge is -2.17. The van der Waals surface area contributed by atoms with Crippen LogP contribution in [-0.4, -0.2) is 44.8 Å². The van der Waals surface area contributed by atoms with Crippen molar-refractivity contribution in [2.75, 3.05) is 13.2 Å². The fourth-order valence-electron chi connectivity index (χ4n) is 4.00. The third-order valence-corrected chi connectivity index (χ3v) is 7.42. The number of nitrogens with zero attached hydrogens (tertiary/aromatic N) is 3. The lowest BCUT2D eigenvalue weighted by Crippen LogP contribution is -2.37. The van der Waals surface area contributed by atoms with Crippen LogP contribution in [0.1, 0.15) is 26.2 Å². The molecule has 31 heavy (non-hydrogen) atoms. The Morgan fingerprint density at radius 1 is 1.29 bits per heavy atom. The number of imidazole rings is 1. The minimum atomic E-state index is -0.244. The van der Waals surface area contributed by atoms with Gasteiger partial charge in [0.25, 0.3) is 0 Å². The van der Waals surface area contributed by atoms with Crippen molar-refractivity contribution in [2.45, 2.75) is 42.7 Å². The van der Waals surface area contributed by atoms with E-state index in [0.29, 0.717) is 13.0 Å². The quantitative estimate of drug-likeness (QED) is 0.300. The number of hydrogen-bond donors (Lipinski definition) is 1. The van der Waals surface area contributed by atoms with E-state index in [9.17, 15) is 4.79 Å². The summed E-state index contributed by atoms with van der Waals surface area (Å²) in [5, 5.41) is 4.58. The Balaban J connectivity index is 1.54.